The molecule has 0 aliphatic heterocycles. The lowest BCUT2D eigenvalue weighted by atomic mass is 10.2. The molecule has 0 spiro atoms. The Hall–Kier alpha value is -1.39. The maximum Gasteiger partial charge on any atom is 0.188 e. The summed E-state index contributed by atoms with van der Waals surface area (Å²) in [6.45, 7) is 1.50. The van der Waals surface area contributed by atoms with Crippen molar-refractivity contribution in [2.24, 2.45) is 0 Å². The number of Topliss-reactive ketones (excluding diaryl/α,β-unsaturated/α-hetero) is 1. The molecular weight excluding hydrogens is 258 g/mol. The van der Waals surface area contributed by atoms with Gasteiger partial charge in [-0.1, -0.05) is 11.6 Å². The summed E-state index contributed by atoms with van der Waals surface area (Å²) >= 11 is 7.37. The number of ether oxygens (including phenoxy) is 1. The van der Waals surface area contributed by atoms with Crippen LogP contribution in [0.2, 0.25) is 5.02 Å². The maximum absolute atomic E-state index is 11.2. The van der Waals surface area contributed by atoms with Crippen LogP contribution in [0.5, 0.6) is 5.75 Å². The molecule has 0 saturated carbocycles. The highest BCUT2D eigenvalue weighted by Gasteiger charge is 2.09. The van der Waals surface area contributed by atoms with Crippen molar-refractivity contribution in [3.8, 4) is 17.0 Å². The van der Waals surface area contributed by atoms with Crippen LogP contribution in [0.3, 0.4) is 0 Å². The van der Waals surface area contributed by atoms with E-state index in [2.05, 4.69) is 4.98 Å². The normalized spacial score (nSPS) is 10.3. The van der Waals surface area contributed by atoms with Crippen molar-refractivity contribution in [3.05, 3.63) is 33.6 Å². The highest BCUT2D eigenvalue weighted by Crippen LogP contribution is 2.30. The molecule has 0 amide bonds. The number of methoxy groups -OCH3 is 1. The van der Waals surface area contributed by atoms with Crippen LogP contribution in [0, 0.1) is 0 Å². The van der Waals surface area contributed by atoms with Crippen molar-refractivity contribution in [1.29, 1.82) is 0 Å². The molecule has 0 atom stereocenters. The quantitative estimate of drug-likeness (QED) is 0.797. The lowest BCUT2D eigenvalue weighted by Crippen LogP contribution is -1.90. The van der Waals surface area contributed by atoms with Gasteiger partial charge in [-0.15, -0.1) is 11.3 Å². The predicted molar refractivity (Wildman–Crippen MR) is 69.1 cm³/mol. The average Bonchev–Trinajstić information content (AvgIpc) is 2.78. The summed E-state index contributed by atoms with van der Waals surface area (Å²) in [5.74, 6) is 0.596. The van der Waals surface area contributed by atoms with Crippen LogP contribution in [0.4, 0.5) is 0 Å². The molecule has 0 fully saturated rings. The van der Waals surface area contributed by atoms with Gasteiger partial charge < -0.3 is 4.74 Å². The van der Waals surface area contributed by atoms with E-state index in [1.165, 1.54) is 18.3 Å². The smallest absolute Gasteiger partial charge is 0.188 e. The largest absolute Gasteiger partial charge is 0.495 e. The Bertz CT molecular complexity index is 565. The van der Waals surface area contributed by atoms with E-state index in [1.807, 2.05) is 11.4 Å². The van der Waals surface area contributed by atoms with Crippen LogP contribution in [0.15, 0.2) is 23.6 Å². The number of benzene rings is 1. The summed E-state index contributed by atoms with van der Waals surface area (Å²) in [5, 5.41) is 2.88. The lowest BCUT2D eigenvalue weighted by Gasteiger charge is -2.03. The molecule has 88 valence electrons. The summed E-state index contributed by atoms with van der Waals surface area (Å²) < 4.78 is 5.08. The Morgan fingerprint density at radius 1 is 1.47 bits per heavy atom. The molecule has 0 saturated heterocycles. The molecule has 0 aliphatic carbocycles. The van der Waals surface area contributed by atoms with Gasteiger partial charge in [0.2, 0.25) is 0 Å². The first-order valence-electron chi connectivity index (χ1n) is 4.92. The van der Waals surface area contributed by atoms with E-state index in [-0.39, 0.29) is 5.78 Å². The molecule has 0 radical (unpaired) electrons. The second-order valence-corrected chi connectivity index (χ2v) is 4.71. The van der Waals surface area contributed by atoms with Crippen molar-refractivity contribution in [2.45, 2.75) is 6.92 Å². The minimum Gasteiger partial charge on any atom is -0.495 e. The Labute approximate surface area is 108 Å². The predicted octanol–water partition coefficient (Wildman–Crippen LogP) is 3.67. The zero-order valence-corrected chi connectivity index (χ0v) is 10.9. The van der Waals surface area contributed by atoms with Gasteiger partial charge in [0, 0.05) is 17.9 Å². The summed E-state index contributed by atoms with van der Waals surface area (Å²) in [6, 6.07) is 5.42. The molecule has 1 aromatic carbocycles. The minimum absolute atomic E-state index is 0.0270. The molecule has 17 heavy (non-hydrogen) atoms. The molecule has 0 bridgehead atoms. The van der Waals surface area contributed by atoms with Crippen LogP contribution in [-0.4, -0.2) is 17.9 Å². The number of hydrogen-bond acceptors (Lipinski definition) is 4. The van der Waals surface area contributed by atoms with E-state index in [1.54, 1.807) is 19.2 Å². The SMILES string of the molecule is COc1ccc(-c2csc(C(C)=O)n2)cc1Cl. The van der Waals surface area contributed by atoms with Crippen molar-refractivity contribution in [2.75, 3.05) is 7.11 Å². The van der Waals surface area contributed by atoms with Gasteiger partial charge in [-0.25, -0.2) is 4.98 Å². The molecule has 0 N–H and O–H groups in total. The molecule has 5 heteroatoms. The van der Waals surface area contributed by atoms with E-state index in [0.717, 1.165) is 11.3 Å². The first kappa shape index (κ1) is 12.1. The molecular formula is C12H10ClNO2S. The Morgan fingerprint density at radius 2 is 2.24 bits per heavy atom. The average molecular weight is 268 g/mol. The fourth-order valence-electron chi connectivity index (χ4n) is 1.39. The molecule has 0 aliphatic rings. The fourth-order valence-corrected chi connectivity index (χ4v) is 2.38. The molecule has 1 heterocycles. The Balaban J connectivity index is 2.39. The highest BCUT2D eigenvalue weighted by molar-refractivity contribution is 7.12. The van der Waals surface area contributed by atoms with Gasteiger partial charge in [0.05, 0.1) is 17.8 Å². The number of nitrogens with zero attached hydrogens (tertiary/aromatic N) is 1. The Kier molecular flexibility index (Phi) is 3.45. The van der Waals surface area contributed by atoms with Crippen molar-refractivity contribution < 1.29 is 9.53 Å². The van der Waals surface area contributed by atoms with Crippen molar-refractivity contribution in [1.82, 2.24) is 4.98 Å². The summed E-state index contributed by atoms with van der Waals surface area (Å²) in [7, 11) is 1.57. The van der Waals surface area contributed by atoms with Gasteiger partial charge in [-0.05, 0) is 18.2 Å². The van der Waals surface area contributed by atoms with Crippen LogP contribution in [0.25, 0.3) is 11.3 Å². The van der Waals surface area contributed by atoms with E-state index in [4.69, 9.17) is 16.3 Å². The zero-order chi connectivity index (χ0) is 12.4. The van der Waals surface area contributed by atoms with Crippen LogP contribution in [0.1, 0.15) is 16.7 Å². The zero-order valence-electron chi connectivity index (χ0n) is 9.36. The third-order valence-corrected chi connectivity index (χ3v) is 3.49. The van der Waals surface area contributed by atoms with Crippen molar-refractivity contribution >= 4 is 28.7 Å². The van der Waals surface area contributed by atoms with Gasteiger partial charge in [0.25, 0.3) is 0 Å². The molecule has 1 aromatic heterocycles. The van der Waals surface area contributed by atoms with E-state index in [0.29, 0.717) is 15.8 Å². The van der Waals surface area contributed by atoms with E-state index < -0.39 is 0 Å². The van der Waals surface area contributed by atoms with Gasteiger partial charge in [0.15, 0.2) is 10.8 Å². The first-order valence-corrected chi connectivity index (χ1v) is 6.18. The monoisotopic (exact) mass is 267 g/mol. The number of thiazole rings is 1. The highest BCUT2D eigenvalue weighted by atomic mass is 35.5. The van der Waals surface area contributed by atoms with Crippen LogP contribution >= 0.6 is 22.9 Å². The third-order valence-electron chi connectivity index (χ3n) is 2.25. The topological polar surface area (TPSA) is 39.2 Å². The number of carbonyl (C=O) groups is 1. The van der Waals surface area contributed by atoms with Gasteiger partial charge >= 0.3 is 0 Å². The molecule has 2 aromatic rings. The number of hydrogen-bond donors (Lipinski definition) is 0. The van der Waals surface area contributed by atoms with Crippen molar-refractivity contribution in [3.63, 3.8) is 0 Å². The van der Waals surface area contributed by atoms with Crippen LogP contribution in [-0.2, 0) is 0 Å². The fraction of sp³-hybridized carbons (Fsp3) is 0.167. The number of halogens is 1. The first-order chi connectivity index (χ1) is 8.11. The molecule has 3 nitrogen and oxygen atoms in total. The number of ketones is 1. The van der Waals surface area contributed by atoms with Gasteiger partial charge in [0.1, 0.15) is 5.75 Å². The summed E-state index contributed by atoms with van der Waals surface area (Å²) in [5.41, 5.74) is 1.63. The maximum atomic E-state index is 11.2. The third kappa shape index (κ3) is 2.48. The number of rotatable bonds is 3. The van der Waals surface area contributed by atoms with E-state index in [9.17, 15) is 4.79 Å². The van der Waals surface area contributed by atoms with E-state index >= 15 is 0 Å². The second-order valence-electron chi connectivity index (χ2n) is 3.44. The number of carbonyl (C=O) groups excluding carboxylic acids is 1. The van der Waals surface area contributed by atoms with Gasteiger partial charge in [-0.2, -0.15) is 0 Å². The summed E-state index contributed by atoms with van der Waals surface area (Å²) in [4.78, 5) is 15.4. The second kappa shape index (κ2) is 4.85. The molecule has 2 rings (SSSR count). The lowest BCUT2D eigenvalue weighted by molar-refractivity contribution is 0.101. The van der Waals surface area contributed by atoms with Crippen LogP contribution < -0.4 is 4.74 Å². The minimum atomic E-state index is -0.0270. The molecule has 0 unspecified atom stereocenters. The Morgan fingerprint density at radius 3 is 2.76 bits per heavy atom. The summed E-state index contributed by atoms with van der Waals surface area (Å²) in [6.07, 6.45) is 0. The van der Waals surface area contributed by atoms with Gasteiger partial charge in [-0.3, -0.25) is 4.79 Å². The standard InChI is InChI=1S/C12H10ClNO2S/c1-7(15)12-14-10(6-17-12)8-3-4-11(16-2)9(13)5-8/h3-6H,1-2H3. The number of aromatic nitrogens is 1.